The molecule has 0 unspecified atom stereocenters. The fourth-order valence-corrected chi connectivity index (χ4v) is 4.85. The SMILES string of the molecule is Cc1csc(NC(=O)Cc2sc(Cc3cccc4ccccc34)nc2C)n1. The van der Waals surface area contributed by atoms with E-state index in [9.17, 15) is 4.79 Å². The van der Waals surface area contributed by atoms with Gasteiger partial charge in [0.05, 0.1) is 22.8 Å². The maximum absolute atomic E-state index is 12.3. The molecule has 4 aromatic rings. The Kier molecular flexibility index (Phi) is 5.01. The van der Waals surface area contributed by atoms with Crippen molar-refractivity contribution in [2.75, 3.05) is 5.32 Å². The van der Waals surface area contributed by atoms with Crippen molar-refractivity contribution in [3.05, 3.63) is 74.7 Å². The summed E-state index contributed by atoms with van der Waals surface area (Å²) in [6.07, 6.45) is 1.11. The van der Waals surface area contributed by atoms with E-state index in [4.69, 9.17) is 4.98 Å². The average molecular weight is 394 g/mol. The van der Waals surface area contributed by atoms with Crippen LogP contribution in [-0.2, 0) is 17.6 Å². The van der Waals surface area contributed by atoms with Crippen molar-refractivity contribution in [3.63, 3.8) is 0 Å². The van der Waals surface area contributed by atoms with Crippen LogP contribution in [0.2, 0.25) is 0 Å². The molecule has 0 aliphatic rings. The Hall–Kier alpha value is -2.57. The normalized spacial score (nSPS) is 11.0. The molecule has 0 aliphatic heterocycles. The number of hydrogen-bond donors (Lipinski definition) is 1. The zero-order valence-electron chi connectivity index (χ0n) is 15.2. The lowest BCUT2D eigenvalue weighted by molar-refractivity contribution is -0.115. The molecule has 1 N–H and O–H groups in total. The van der Waals surface area contributed by atoms with Gasteiger partial charge in [0.2, 0.25) is 5.91 Å². The van der Waals surface area contributed by atoms with Crippen molar-refractivity contribution in [3.8, 4) is 0 Å². The summed E-state index contributed by atoms with van der Waals surface area (Å²) in [5.41, 5.74) is 3.11. The number of aromatic nitrogens is 2. The van der Waals surface area contributed by atoms with Gasteiger partial charge in [0, 0.05) is 16.7 Å². The Balaban J connectivity index is 1.50. The number of amides is 1. The molecular formula is C21H19N3OS2. The van der Waals surface area contributed by atoms with Crippen LogP contribution in [0.4, 0.5) is 5.13 Å². The number of carbonyl (C=O) groups excluding carboxylic acids is 1. The molecule has 2 aromatic carbocycles. The van der Waals surface area contributed by atoms with Crippen LogP contribution in [0.1, 0.15) is 26.8 Å². The van der Waals surface area contributed by atoms with E-state index in [1.807, 2.05) is 19.2 Å². The minimum atomic E-state index is -0.0483. The second-order valence-corrected chi connectivity index (χ2v) is 8.48. The number of aryl methyl sites for hydroxylation is 2. The monoisotopic (exact) mass is 393 g/mol. The molecule has 6 heteroatoms. The van der Waals surface area contributed by atoms with Crippen LogP contribution >= 0.6 is 22.7 Å². The van der Waals surface area contributed by atoms with Crippen molar-refractivity contribution in [2.45, 2.75) is 26.7 Å². The molecule has 4 nitrogen and oxygen atoms in total. The molecule has 0 fully saturated rings. The number of anilines is 1. The lowest BCUT2D eigenvalue weighted by Gasteiger charge is -2.04. The van der Waals surface area contributed by atoms with Gasteiger partial charge in [-0.2, -0.15) is 0 Å². The molecule has 2 aromatic heterocycles. The summed E-state index contributed by atoms with van der Waals surface area (Å²) in [7, 11) is 0. The van der Waals surface area contributed by atoms with Crippen LogP contribution in [-0.4, -0.2) is 15.9 Å². The number of rotatable bonds is 5. The fraction of sp³-hybridized carbons (Fsp3) is 0.190. The number of hydrogen-bond acceptors (Lipinski definition) is 5. The first-order valence-corrected chi connectivity index (χ1v) is 10.4. The quantitative estimate of drug-likeness (QED) is 0.511. The third kappa shape index (κ3) is 4.07. The fourth-order valence-electron chi connectivity index (χ4n) is 3.06. The van der Waals surface area contributed by atoms with Gasteiger partial charge >= 0.3 is 0 Å². The third-order valence-electron chi connectivity index (χ3n) is 4.35. The van der Waals surface area contributed by atoms with E-state index in [0.717, 1.165) is 27.7 Å². The third-order valence-corrected chi connectivity index (χ3v) is 6.38. The topological polar surface area (TPSA) is 54.9 Å². The Morgan fingerprint density at radius 3 is 2.70 bits per heavy atom. The highest BCUT2D eigenvalue weighted by atomic mass is 32.1. The second-order valence-electron chi connectivity index (χ2n) is 6.45. The standard InChI is InChI=1S/C21H19N3OS2/c1-13-12-26-21(22-13)24-19(25)11-18-14(2)23-20(27-18)10-16-8-5-7-15-6-3-4-9-17(15)16/h3-9,12H,10-11H2,1-2H3,(H,22,24,25). The maximum Gasteiger partial charge on any atom is 0.231 e. The molecule has 27 heavy (non-hydrogen) atoms. The summed E-state index contributed by atoms with van der Waals surface area (Å²) in [4.78, 5) is 22.3. The molecule has 0 spiro atoms. The number of nitrogens with zero attached hydrogens (tertiary/aromatic N) is 2. The predicted molar refractivity (Wildman–Crippen MR) is 113 cm³/mol. The van der Waals surface area contributed by atoms with Crippen molar-refractivity contribution in [2.24, 2.45) is 0 Å². The van der Waals surface area contributed by atoms with Gasteiger partial charge in [-0.3, -0.25) is 4.79 Å². The highest BCUT2D eigenvalue weighted by Crippen LogP contribution is 2.26. The summed E-state index contributed by atoms with van der Waals surface area (Å²) in [6.45, 7) is 3.89. The minimum Gasteiger partial charge on any atom is -0.302 e. The van der Waals surface area contributed by atoms with Crippen LogP contribution in [0.25, 0.3) is 10.8 Å². The first kappa shape index (κ1) is 17.8. The molecule has 0 saturated carbocycles. The first-order valence-electron chi connectivity index (χ1n) is 8.72. The van der Waals surface area contributed by atoms with Gasteiger partial charge in [-0.15, -0.1) is 22.7 Å². The van der Waals surface area contributed by atoms with Crippen LogP contribution in [0.15, 0.2) is 47.8 Å². The van der Waals surface area contributed by atoms with Crippen LogP contribution in [0.5, 0.6) is 0 Å². The van der Waals surface area contributed by atoms with E-state index in [-0.39, 0.29) is 5.91 Å². The van der Waals surface area contributed by atoms with Gasteiger partial charge in [0.1, 0.15) is 0 Å². The maximum atomic E-state index is 12.3. The highest BCUT2D eigenvalue weighted by Gasteiger charge is 2.14. The molecule has 136 valence electrons. The molecule has 1 amide bonds. The highest BCUT2D eigenvalue weighted by molar-refractivity contribution is 7.14. The first-order chi connectivity index (χ1) is 13.1. The molecule has 2 heterocycles. The van der Waals surface area contributed by atoms with E-state index in [2.05, 4.69) is 52.8 Å². The zero-order chi connectivity index (χ0) is 18.8. The summed E-state index contributed by atoms with van der Waals surface area (Å²) in [5.74, 6) is -0.0483. The van der Waals surface area contributed by atoms with Gasteiger partial charge < -0.3 is 5.32 Å². The van der Waals surface area contributed by atoms with E-state index in [1.165, 1.54) is 27.7 Å². The van der Waals surface area contributed by atoms with Crippen molar-refractivity contribution >= 4 is 44.5 Å². The number of thiazole rings is 2. The summed E-state index contributed by atoms with van der Waals surface area (Å²) in [6, 6.07) is 14.8. The molecule has 0 saturated heterocycles. The number of benzene rings is 2. The lowest BCUT2D eigenvalue weighted by Crippen LogP contribution is -2.14. The Morgan fingerprint density at radius 1 is 1.07 bits per heavy atom. The second kappa shape index (κ2) is 7.58. The summed E-state index contributed by atoms with van der Waals surface area (Å²) < 4.78 is 0. The van der Waals surface area contributed by atoms with Gasteiger partial charge in [-0.1, -0.05) is 42.5 Å². The van der Waals surface area contributed by atoms with E-state index >= 15 is 0 Å². The molecule has 0 aliphatic carbocycles. The lowest BCUT2D eigenvalue weighted by atomic mass is 10.0. The predicted octanol–water partition coefficient (Wildman–Crippen LogP) is 5.14. The van der Waals surface area contributed by atoms with Crippen molar-refractivity contribution in [1.82, 2.24) is 9.97 Å². The van der Waals surface area contributed by atoms with Crippen molar-refractivity contribution in [1.29, 1.82) is 0 Å². The molecule has 0 bridgehead atoms. The smallest absolute Gasteiger partial charge is 0.231 e. The van der Waals surface area contributed by atoms with E-state index in [0.29, 0.717) is 11.6 Å². The molecule has 4 rings (SSSR count). The van der Waals surface area contributed by atoms with Crippen LogP contribution in [0.3, 0.4) is 0 Å². The molecule has 0 radical (unpaired) electrons. The molecule has 0 atom stereocenters. The Labute approximate surface area is 165 Å². The minimum absolute atomic E-state index is 0.0483. The van der Waals surface area contributed by atoms with Gasteiger partial charge in [0.25, 0.3) is 0 Å². The van der Waals surface area contributed by atoms with E-state index in [1.54, 1.807) is 11.3 Å². The number of nitrogens with one attached hydrogen (secondary N) is 1. The van der Waals surface area contributed by atoms with E-state index < -0.39 is 0 Å². The number of fused-ring (bicyclic) bond motifs is 1. The Morgan fingerprint density at radius 2 is 1.89 bits per heavy atom. The Bertz CT molecular complexity index is 1110. The summed E-state index contributed by atoms with van der Waals surface area (Å²) >= 11 is 3.06. The average Bonchev–Trinajstić information content (AvgIpc) is 3.20. The zero-order valence-corrected chi connectivity index (χ0v) is 16.8. The number of carbonyl (C=O) groups is 1. The van der Waals surface area contributed by atoms with Crippen LogP contribution in [0, 0.1) is 13.8 Å². The van der Waals surface area contributed by atoms with Crippen LogP contribution < -0.4 is 5.32 Å². The largest absolute Gasteiger partial charge is 0.302 e. The summed E-state index contributed by atoms with van der Waals surface area (Å²) in [5, 5.41) is 8.98. The van der Waals surface area contributed by atoms with Gasteiger partial charge in [-0.05, 0) is 30.2 Å². The van der Waals surface area contributed by atoms with Crippen molar-refractivity contribution < 1.29 is 4.79 Å². The molecular weight excluding hydrogens is 374 g/mol. The van der Waals surface area contributed by atoms with Gasteiger partial charge in [0.15, 0.2) is 5.13 Å². The van der Waals surface area contributed by atoms with Gasteiger partial charge in [-0.25, -0.2) is 9.97 Å².